The van der Waals surface area contributed by atoms with Gasteiger partial charge in [-0.1, -0.05) is 6.92 Å². The molecular formula is C8H17NO2S. The molecule has 0 heterocycles. The van der Waals surface area contributed by atoms with Crippen LogP contribution in [0.5, 0.6) is 0 Å². The highest BCUT2D eigenvalue weighted by Gasteiger charge is 2.35. The minimum Gasteiger partial charge on any atom is -0.212 e. The van der Waals surface area contributed by atoms with E-state index in [4.69, 9.17) is 0 Å². The molecule has 72 valence electrons. The molecule has 0 aliphatic heterocycles. The van der Waals surface area contributed by atoms with Gasteiger partial charge >= 0.3 is 0 Å². The Bertz CT molecular complexity index is 231. The third kappa shape index (κ3) is 2.20. The Morgan fingerprint density at radius 3 is 2.25 bits per heavy atom. The van der Waals surface area contributed by atoms with Crippen molar-refractivity contribution in [1.29, 1.82) is 0 Å². The van der Waals surface area contributed by atoms with E-state index in [2.05, 4.69) is 0 Å². The smallest absolute Gasteiger partial charge is 0.212 e. The Labute approximate surface area is 74.8 Å². The molecule has 12 heavy (non-hydrogen) atoms. The van der Waals surface area contributed by atoms with E-state index in [-0.39, 0.29) is 5.75 Å². The average molecular weight is 191 g/mol. The maximum absolute atomic E-state index is 11.5. The molecule has 0 aromatic carbocycles. The Morgan fingerprint density at radius 1 is 1.33 bits per heavy atom. The van der Waals surface area contributed by atoms with Gasteiger partial charge in [0.05, 0.1) is 5.75 Å². The molecule has 1 saturated carbocycles. The Hall–Kier alpha value is -0.0900. The standard InChI is InChI=1S/C8H17NO2S/c1-3-7-9(8-5-6-8)12(10,11)4-2/h8H,3-7H2,1-2H3. The second-order valence-electron chi connectivity index (χ2n) is 3.24. The SMILES string of the molecule is CCCN(C1CC1)S(=O)(=O)CC. The van der Waals surface area contributed by atoms with Gasteiger partial charge in [-0.25, -0.2) is 8.42 Å². The summed E-state index contributed by atoms with van der Waals surface area (Å²) in [6.45, 7) is 4.42. The number of nitrogens with zero attached hydrogens (tertiary/aromatic N) is 1. The van der Waals surface area contributed by atoms with Crippen molar-refractivity contribution in [3.8, 4) is 0 Å². The molecule has 3 nitrogen and oxygen atoms in total. The summed E-state index contributed by atoms with van der Waals surface area (Å²) >= 11 is 0. The fraction of sp³-hybridized carbons (Fsp3) is 1.00. The molecule has 0 radical (unpaired) electrons. The van der Waals surface area contributed by atoms with Gasteiger partial charge in [0.1, 0.15) is 0 Å². The van der Waals surface area contributed by atoms with E-state index in [1.807, 2.05) is 6.92 Å². The topological polar surface area (TPSA) is 37.4 Å². The lowest BCUT2D eigenvalue weighted by Gasteiger charge is -2.19. The zero-order valence-electron chi connectivity index (χ0n) is 7.78. The maximum Gasteiger partial charge on any atom is 0.214 e. The first kappa shape index (κ1) is 9.99. The monoisotopic (exact) mass is 191 g/mol. The molecule has 4 heteroatoms. The summed E-state index contributed by atoms with van der Waals surface area (Å²) in [5, 5.41) is 0. The Balaban J connectivity index is 2.64. The molecule has 0 spiro atoms. The first-order chi connectivity index (χ1) is 5.61. The van der Waals surface area contributed by atoms with Crippen LogP contribution in [0.3, 0.4) is 0 Å². The molecule has 0 atom stereocenters. The van der Waals surface area contributed by atoms with E-state index in [9.17, 15) is 8.42 Å². The van der Waals surface area contributed by atoms with Gasteiger partial charge in [0, 0.05) is 12.6 Å². The molecule has 1 fully saturated rings. The van der Waals surface area contributed by atoms with Crippen molar-refractivity contribution in [3.05, 3.63) is 0 Å². The molecule has 1 aliphatic rings. The van der Waals surface area contributed by atoms with Crippen LogP contribution in [0.1, 0.15) is 33.1 Å². The van der Waals surface area contributed by atoms with Crippen molar-refractivity contribution in [2.45, 2.75) is 39.2 Å². The summed E-state index contributed by atoms with van der Waals surface area (Å²) in [7, 11) is -2.93. The van der Waals surface area contributed by atoms with Crippen LogP contribution < -0.4 is 0 Å². The second-order valence-corrected chi connectivity index (χ2v) is 5.45. The molecule has 1 rings (SSSR count). The molecule has 0 amide bonds. The highest BCUT2D eigenvalue weighted by Crippen LogP contribution is 2.29. The molecule has 0 aromatic heterocycles. The van der Waals surface area contributed by atoms with Crippen molar-refractivity contribution in [2.24, 2.45) is 0 Å². The van der Waals surface area contributed by atoms with E-state index in [1.165, 1.54) is 0 Å². The second kappa shape index (κ2) is 3.75. The summed E-state index contributed by atoms with van der Waals surface area (Å²) in [6.07, 6.45) is 3.02. The summed E-state index contributed by atoms with van der Waals surface area (Å²) in [5.41, 5.74) is 0. The van der Waals surface area contributed by atoms with Crippen LogP contribution in [-0.4, -0.2) is 31.1 Å². The van der Waals surface area contributed by atoms with Crippen LogP contribution in [0.25, 0.3) is 0 Å². The zero-order chi connectivity index (χ0) is 9.19. The van der Waals surface area contributed by atoms with E-state index in [0.29, 0.717) is 12.6 Å². The Morgan fingerprint density at radius 2 is 1.92 bits per heavy atom. The lowest BCUT2D eigenvalue weighted by Crippen LogP contribution is -2.34. The molecule has 1 aliphatic carbocycles. The first-order valence-corrected chi connectivity index (χ1v) is 6.22. The van der Waals surface area contributed by atoms with Gasteiger partial charge in [0.25, 0.3) is 0 Å². The number of hydrogen-bond donors (Lipinski definition) is 0. The summed E-state index contributed by atoms with van der Waals surface area (Å²) in [4.78, 5) is 0. The summed E-state index contributed by atoms with van der Waals surface area (Å²) in [6, 6.07) is 0.329. The molecule has 0 unspecified atom stereocenters. The predicted octanol–water partition coefficient (Wildman–Crippen LogP) is 1.21. The van der Waals surface area contributed by atoms with E-state index < -0.39 is 10.0 Å². The molecule has 0 aromatic rings. The van der Waals surface area contributed by atoms with Crippen LogP contribution in [0.2, 0.25) is 0 Å². The van der Waals surface area contributed by atoms with Crippen LogP contribution >= 0.6 is 0 Å². The van der Waals surface area contributed by atoms with Crippen molar-refractivity contribution in [1.82, 2.24) is 4.31 Å². The van der Waals surface area contributed by atoms with Gasteiger partial charge in [-0.3, -0.25) is 0 Å². The highest BCUT2D eigenvalue weighted by molar-refractivity contribution is 7.89. The van der Waals surface area contributed by atoms with Crippen LogP contribution in [0.15, 0.2) is 0 Å². The largest absolute Gasteiger partial charge is 0.214 e. The van der Waals surface area contributed by atoms with Crippen molar-refractivity contribution in [2.75, 3.05) is 12.3 Å². The minimum absolute atomic E-state index is 0.240. The first-order valence-electron chi connectivity index (χ1n) is 4.61. The van der Waals surface area contributed by atoms with Gasteiger partial charge < -0.3 is 0 Å². The predicted molar refractivity (Wildman–Crippen MR) is 49.5 cm³/mol. The van der Waals surface area contributed by atoms with Gasteiger partial charge in [0.2, 0.25) is 10.0 Å². The highest BCUT2D eigenvalue weighted by atomic mass is 32.2. The van der Waals surface area contributed by atoms with Crippen molar-refractivity contribution in [3.63, 3.8) is 0 Å². The van der Waals surface area contributed by atoms with Gasteiger partial charge in [-0.2, -0.15) is 4.31 Å². The minimum atomic E-state index is -2.93. The third-order valence-corrected chi connectivity index (χ3v) is 4.05. The number of sulfonamides is 1. The van der Waals surface area contributed by atoms with E-state index in [0.717, 1.165) is 19.3 Å². The van der Waals surface area contributed by atoms with E-state index in [1.54, 1.807) is 11.2 Å². The zero-order valence-corrected chi connectivity index (χ0v) is 8.60. The van der Waals surface area contributed by atoms with Crippen LogP contribution in [0.4, 0.5) is 0 Å². The molecule has 0 N–H and O–H groups in total. The normalized spacial score (nSPS) is 18.6. The fourth-order valence-electron chi connectivity index (χ4n) is 1.30. The van der Waals surface area contributed by atoms with Crippen LogP contribution in [-0.2, 0) is 10.0 Å². The summed E-state index contributed by atoms with van der Waals surface area (Å²) < 4.78 is 24.7. The number of hydrogen-bond acceptors (Lipinski definition) is 2. The van der Waals surface area contributed by atoms with Crippen molar-refractivity contribution < 1.29 is 8.42 Å². The van der Waals surface area contributed by atoms with Crippen molar-refractivity contribution >= 4 is 10.0 Å². The molecule has 0 saturated heterocycles. The van der Waals surface area contributed by atoms with E-state index >= 15 is 0 Å². The quantitative estimate of drug-likeness (QED) is 0.655. The van der Waals surface area contributed by atoms with Gasteiger partial charge in [0.15, 0.2) is 0 Å². The third-order valence-electron chi connectivity index (χ3n) is 2.12. The summed E-state index contributed by atoms with van der Waals surface area (Å²) in [5.74, 6) is 0.240. The maximum atomic E-state index is 11.5. The Kier molecular flexibility index (Phi) is 3.12. The number of rotatable bonds is 5. The fourth-order valence-corrected chi connectivity index (χ4v) is 2.75. The lowest BCUT2D eigenvalue weighted by atomic mass is 10.5. The van der Waals surface area contributed by atoms with Gasteiger partial charge in [-0.05, 0) is 26.2 Å². The van der Waals surface area contributed by atoms with Gasteiger partial charge in [-0.15, -0.1) is 0 Å². The molecular weight excluding hydrogens is 174 g/mol. The van der Waals surface area contributed by atoms with Crippen LogP contribution in [0, 0.1) is 0 Å². The molecule has 0 bridgehead atoms. The lowest BCUT2D eigenvalue weighted by molar-refractivity contribution is 0.404. The average Bonchev–Trinajstić information content (AvgIpc) is 2.83.